The van der Waals surface area contributed by atoms with Crippen LogP contribution < -0.4 is 10.6 Å². The molecule has 0 bridgehead atoms. The Morgan fingerprint density at radius 3 is 2.61 bits per heavy atom. The molecule has 2 amide bonds. The summed E-state index contributed by atoms with van der Waals surface area (Å²) in [6.45, 7) is 3.97. The van der Waals surface area contributed by atoms with Gasteiger partial charge in [0.25, 0.3) is 5.91 Å². The molecule has 1 heterocycles. The third-order valence-corrected chi connectivity index (χ3v) is 5.27. The number of unbranched alkanes of at least 4 members (excludes halogenated alkanes) is 1. The van der Waals surface area contributed by atoms with Crippen molar-refractivity contribution in [3.05, 3.63) is 65.7 Å². The van der Waals surface area contributed by atoms with E-state index in [1.165, 1.54) is 0 Å². The van der Waals surface area contributed by atoms with Crippen LogP contribution in [0.25, 0.3) is 0 Å². The summed E-state index contributed by atoms with van der Waals surface area (Å²) in [7, 11) is 0. The van der Waals surface area contributed by atoms with Gasteiger partial charge in [-0.3, -0.25) is 9.59 Å². The number of carbonyl (C=O) groups excluding carboxylic acids is 2. The van der Waals surface area contributed by atoms with Crippen LogP contribution in [0.5, 0.6) is 0 Å². The van der Waals surface area contributed by atoms with Crippen molar-refractivity contribution in [3.8, 4) is 0 Å². The summed E-state index contributed by atoms with van der Waals surface area (Å²) < 4.78 is 0. The number of nitrogens with zero attached hydrogens (tertiary/aromatic N) is 2. The summed E-state index contributed by atoms with van der Waals surface area (Å²) in [5.74, 6) is -0.521. The van der Waals surface area contributed by atoms with Gasteiger partial charge in [0, 0.05) is 17.8 Å². The van der Waals surface area contributed by atoms with Gasteiger partial charge in [-0.15, -0.1) is 5.10 Å². The van der Waals surface area contributed by atoms with Crippen molar-refractivity contribution in [2.45, 2.75) is 58.4 Å². The van der Waals surface area contributed by atoms with E-state index in [2.05, 4.69) is 27.8 Å². The molecule has 0 spiro atoms. The average molecular weight is 419 g/mol. The summed E-state index contributed by atoms with van der Waals surface area (Å²) >= 11 is 0. The number of para-hydroxylation sites is 1. The maximum absolute atomic E-state index is 12.9. The van der Waals surface area contributed by atoms with Gasteiger partial charge in [-0.05, 0) is 49.8 Å². The molecule has 6 nitrogen and oxygen atoms in total. The summed E-state index contributed by atoms with van der Waals surface area (Å²) in [6.07, 6.45) is 4.25. The van der Waals surface area contributed by atoms with E-state index in [1.807, 2.05) is 61.5 Å². The number of anilines is 1. The zero-order valence-electron chi connectivity index (χ0n) is 18.2. The molecule has 0 aromatic heterocycles. The van der Waals surface area contributed by atoms with E-state index >= 15 is 0 Å². The number of rotatable bonds is 8. The molecule has 1 atom stereocenters. The van der Waals surface area contributed by atoms with Crippen LogP contribution in [-0.2, 0) is 22.4 Å². The van der Waals surface area contributed by atoms with Crippen LogP contribution in [0, 0.1) is 0 Å². The van der Waals surface area contributed by atoms with Crippen molar-refractivity contribution >= 4 is 28.9 Å². The Bertz CT molecular complexity index is 966. The van der Waals surface area contributed by atoms with E-state index in [-0.39, 0.29) is 11.8 Å². The molecule has 0 aliphatic carbocycles. The van der Waals surface area contributed by atoms with Crippen LogP contribution in [0.4, 0.5) is 5.69 Å². The fourth-order valence-electron chi connectivity index (χ4n) is 3.52. The first-order chi connectivity index (χ1) is 15.1. The van der Waals surface area contributed by atoms with Crippen molar-refractivity contribution in [2.75, 3.05) is 5.32 Å². The van der Waals surface area contributed by atoms with E-state index in [4.69, 9.17) is 0 Å². The molecule has 0 saturated heterocycles. The van der Waals surface area contributed by atoms with Gasteiger partial charge in [-0.1, -0.05) is 61.9 Å². The fourth-order valence-corrected chi connectivity index (χ4v) is 3.52. The van der Waals surface area contributed by atoms with E-state index in [1.54, 1.807) is 0 Å². The third-order valence-electron chi connectivity index (χ3n) is 5.27. The van der Waals surface area contributed by atoms with Gasteiger partial charge in [0.05, 0.1) is 0 Å². The molecule has 0 radical (unpaired) electrons. The molecule has 6 heteroatoms. The van der Waals surface area contributed by atoms with Gasteiger partial charge < -0.3 is 10.6 Å². The lowest BCUT2D eigenvalue weighted by molar-refractivity contribution is -0.123. The standard InChI is InChI=1S/C25H30N4O2/c1-3-4-13-23(29-28-18(2)17-19-10-6-5-7-11-19)25(31)27-22-16-15-20-12-8-9-14-21(20)26-24(22)30/h5-12,14,22H,3-4,13,15-17H2,1-2H3,(H,26,30)(H,27,31)/b28-18+,29-23+/t22-/m0/s1. The summed E-state index contributed by atoms with van der Waals surface area (Å²) in [4.78, 5) is 25.6. The number of benzene rings is 2. The smallest absolute Gasteiger partial charge is 0.268 e. The van der Waals surface area contributed by atoms with Crippen LogP contribution in [0.3, 0.4) is 0 Å². The van der Waals surface area contributed by atoms with Crippen molar-refractivity contribution in [1.82, 2.24) is 5.32 Å². The lowest BCUT2D eigenvalue weighted by Crippen LogP contribution is -2.45. The maximum Gasteiger partial charge on any atom is 0.268 e. The quantitative estimate of drug-likeness (QED) is 0.495. The van der Waals surface area contributed by atoms with Crippen LogP contribution in [0.1, 0.15) is 50.7 Å². The molecule has 31 heavy (non-hydrogen) atoms. The highest BCUT2D eigenvalue weighted by Gasteiger charge is 2.26. The van der Waals surface area contributed by atoms with Gasteiger partial charge >= 0.3 is 0 Å². The Hall–Kier alpha value is -3.28. The number of nitrogens with one attached hydrogen (secondary N) is 2. The van der Waals surface area contributed by atoms with Crippen molar-refractivity contribution in [1.29, 1.82) is 0 Å². The maximum atomic E-state index is 12.9. The largest absolute Gasteiger partial charge is 0.339 e. The molecule has 0 unspecified atom stereocenters. The molecule has 0 fully saturated rings. The average Bonchev–Trinajstić information content (AvgIpc) is 2.93. The zero-order chi connectivity index (χ0) is 22.1. The first kappa shape index (κ1) is 22.4. The van der Waals surface area contributed by atoms with Gasteiger partial charge in [-0.2, -0.15) is 5.10 Å². The Kier molecular flexibility index (Phi) is 8.10. The minimum Gasteiger partial charge on any atom is -0.339 e. The molecule has 2 aromatic carbocycles. The highest BCUT2D eigenvalue weighted by molar-refractivity contribution is 6.39. The SMILES string of the molecule is CCCC/C(=N\N=C(/C)Cc1ccccc1)C(=O)N[C@H]1CCc2ccccc2NC1=O. The topological polar surface area (TPSA) is 82.9 Å². The fraction of sp³-hybridized carbons (Fsp3) is 0.360. The molecular weight excluding hydrogens is 388 g/mol. The van der Waals surface area contributed by atoms with Crippen LogP contribution in [-0.4, -0.2) is 29.3 Å². The first-order valence-electron chi connectivity index (χ1n) is 10.9. The van der Waals surface area contributed by atoms with E-state index in [0.717, 1.165) is 41.8 Å². The van der Waals surface area contributed by atoms with Gasteiger partial charge in [-0.25, -0.2) is 0 Å². The predicted molar refractivity (Wildman–Crippen MR) is 126 cm³/mol. The Balaban J connectivity index is 1.68. The van der Waals surface area contributed by atoms with Crippen LogP contribution in [0.15, 0.2) is 64.8 Å². The number of carbonyl (C=O) groups is 2. The van der Waals surface area contributed by atoms with Crippen LogP contribution in [0.2, 0.25) is 0 Å². The number of aryl methyl sites for hydroxylation is 1. The van der Waals surface area contributed by atoms with E-state index < -0.39 is 6.04 Å². The molecule has 2 aromatic rings. The molecule has 1 aliphatic rings. The molecular formula is C25H30N4O2. The van der Waals surface area contributed by atoms with Gasteiger partial charge in [0.15, 0.2) is 0 Å². The Morgan fingerprint density at radius 2 is 1.84 bits per heavy atom. The van der Waals surface area contributed by atoms with Crippen molar-refractivity contribution in [3.63, 3.8) is 0 Å². The summed E-state index contributed by atoms with van der Waals surface area (Å²) in [5.41, 5.74) is 4.23. The second kappa shape index (κ2) is 11.2. The number of hydrogen-bond donors (Lipinski definition) is 2. The van der Waals surface area contributed by atoms with E-state index in [0.29, 0.717) is 25.0 Å². The molecule has 3 rings (SSSR count). The second-order valence-electron chi connectivity index (χ2n) is 7.86. The Morgan fingerprint density at radius 1 is 1.10 bits per heavy atom. The third kappa shape index (κ3) is 6.60. The van der Waals surface area contributed by atoms with Crippen LogP contribution >= 0.6 is 0 Å². The molecule has 0 saturated carbocycles. The number of fused-ring (bicyclic) bond motifs is 1. The van der Waals surface area contributed by atoms with Crippen molar-refractivity contribution in [2.24, 2.45) is 10.2 Å². The minimum atomic E-state index is -0.596. The van der Waals surface area contributed by atoms with Gasteiger partial charge in [0.2, 0.25) is 5.91 Å². The lowest BCUT2D eigenvalue weighted by Gasteiger charge is -2.16. The predicted octanol–water partition coefficient (Wildman–Crippen LogP) is 4.31. The highest BCUT2D eigenvalue weighted by Crippen LogP contribution is 2.21. The molecule has 2 N–H and O–H groups in total. The number of amides is 2. The first-order valence-corrected chi connectivity index (χ1v) is 10.9. The van der Waals surface area contributed by atoms with E-state index in [9.17, 15) is 9.59 Å². The van der Waals surface area contributed by atoms with Crippen molar-refractivity contribution < 1.29 is 9.59 Å². The minimum absolute atomic E-state index is 0.197. The summed E-state index contributed by atoms with van der Waals surface area (Å²) in [5, 5.41) is 14.4. The molecule has 1 aliphatic heterocycles. The summed E-state index contributed by atoms with van der Waals surface area (Å²) in [6, 6.07) is 17.2. The number of hydrogen-bond acceptors (Lipinski definition) is 4. The molecule has 162 valence electrons. The Labute approximate surface area is 183 Å². The van der Waals surface area contributed by atoms with Gasteiger partial charge in [0.1, 0.15) is 11.8 Å². The monoisotopic (exact) mass is 418 g/mol. The lowest BCUT2D eigenvalue weighted by atomic mass is 10.1. The normalized spacial score (nSPS) is 16.8. The second-order valence-corrected chi connectivity index (χ2v) is 7.86. The zero-order valence-corrected chi connectivity index (χ0v) is 18.2. The highest BCUT2D eigenvalue weighted by atomic mass is 16.2.